The zero-order valence-electron chi connectivity index (χ0n) is 12.4. The minimum Gasteiger partial charge on any atom is -0.375 e. The molecule has 116 valence electrons. The lowest BCUT2D eigenvalue weighted by atomic mass is 10.1. The number of hydrogen-bond acceptors (Lipinski definition) is 6. The fourth-order valence-electron chi connectivity index (χ4n) is 2.47. The van der Waals surface area contributed by atoms with Gasteiger partial charge in [0.2, 0.25) is 5.76 Å². The second-order valence-electron chi connectivity index (χ2n) is 5.32. The Morgan fingerprint density at radius 3 is 3.14 bits per heavy atom. The lowest BCUT2D eigenvalue weighted by Gasteiger charge is -2.32. The summed E-state index contributed by atoms with van der Waals surface area (Å²) >= 11 is 0. The topological polar surface area (TPSA) is 81.4 Å². The van der Waals surface area contributed by atoms with Crippen LogP contribution >= 0.6 is 0 Å². The molecule has 1 fully saturated rings. The molecule has 0 N–H and O–H groups in total. The SMILES string of the molecule is Cc1cc(C(=O)N2CCOC(CCc3ccncn3)C2)on1. The van der Waals surface area contributed by atoms with Gasteiger partial charge in [0.25, 0.3) is 5.91 Å². The second-order valence-corrected chi connectivity index (χ2v) is 5.32. The van der Waals surface area contributed by atoms with Crippen molar-refractivity contribution in [1.82, 2.24) is 20.0 Å². The Balaban J connectivity index is 1.56. The standard InChI is InChI=1S/C15H18N4O3/c1-11-8-14(22-18-11)15(20)19-6-7-21-13(9-19)3-2-12-4-5-16-10-17-12/h4-5,8,10,13H,2-3,6-7,9H2,1H3. The Bertz CT molecular complexity index is 629. The molecule has 7 nitrogen and oxygen atoms in total. The molecule has 2 aromatic heterocycles. The van der Waals surface area contributed by atoms with Crippen LogP contribution in [0.1, 0.15) is 28.4 Å². The van der Waals surface area contributed by atoms with Gasteiger partial charge in [-0.25, -0.2) is 9.97 Å². The van der Waals surface area contributed by atoms with Crippen molar-refractivity contribution in [3.63, 3.8) is 0 Å². The fourth-order valence-corrected chi connectivity index (χ4v) is 2.47. The third-order valence-electron chi connectivity index (χ3n) is 3.63. The molecule has 1 atom stereocenters. The summed E-state index contributed by atoms with van der Waals surface area (Å²) in [6.07, 6.45) is 4.90. The lowest BCUT2D eigenvalue weighted by Crippen LogP contribution is -2.45. The van der Waals surface area contributed by atoms with E-state index in [0.717, 1.165) is 18.5 Å². The van der Waals surface area contributed by atoms with E-state index in [1.165, 1.54) is 0 Å². The van der Waals surface area contributed by atoms with E-state index in [2.05, 4.69) is 15.1 Å². The molecule has 0 aromatic carbocycles. The van der Waals surface area contributed by atoms with E-state index in [1.54, 1.807) is 30.4 Å². The maximum absolute atomic E-state index is 12.3. The molecule has 22 heavy (non-hydrogen) atoms. The van der Waals surface area contributed by atoms with E-state index in [0.29, 0.717) is 25.4 Å². The Labute approximate surface area is 128 Å². The average molecular weight is 302 g/mol. The normalized spacial score (nSPS) is 18.4. The van der Waals surface area contributed by atoms with Gasteiger partial charge in [-0.05, 0) is 25.8 Å². The van der Waals surface area contributed by atoms with Crippen LogP contribution in [0.15, 0.2) is 29.2 Å². The van der Waals surface area contributed by atoms with Crippen molar-refractivity contribution in [3.05, 3.63) is 41.8 Å². The summed E-state index contributed by atoms with van der Waals surface area (Å²) in [6.45, 7) is 3.46. The molecular formula is C15H18N4O3. The number of amides is 1. The Hall–Kier alpha value is -2.28. The minimum atomic E-state index is -0.129. The Morgan fingerprint density at radius 1 is 1.50 bits per heavy atom. The van der Waals surface area contributed by atoms with Crippen LogP contribution in [0.5, 0.6) is 0 Å². The van der Waals surface area contributed by atoms with Gasteiger partial charge in [-0.15, -0.1) is 0 Å². The van der Waals surface area contributed by atoms with Gasteiger partial charge in [0, 0.05) is 31.0 Å². The van der Waals surface area contributed by atoms with E-state index >= 15 is 0 Å². The highest BCUT2D eigenvalue weighted by molar-refractivity contribution is 5.91. The van der Waals surface area contributed by atoms with Gasteiger partial charge in [0.05, 0.1) is 18.4 Å². The number of aryl methyl sites for hydroxylation is 2. The van der Waals surface area contributed by atoms with Gasteiger partial charge < -0.3 is 14.2 Å². The highest BCUT2D eigenvalue weighted by Gasteiger charge is 2.27. The van der Waals surface area contributed by atoms with Crippen molar-refractivity contribution < 1.29 is 14.1 Å². The Kier molecular flexibility index (Phi) is 4.43. The summed E-state index contributed by atoms with van der Waals surface area (Å²) in [7, 11) is 0. The van der Waals surface area contributed by atoms with E-state index < -0.39 is 0 Å². The van der Waals surface area contributed by atoms with Gasteiger partial charge >= 0.3 is 0 Å². The molecule has 1 unspecified atom stereocenters. The number of carbonyl (C=O) groups is 1. The molecule has 0 spiro atoms. The molecule has 0 radical (unpaired) electrons. The summed E-state index contributed by atoms with van der Waals surface area (Å²) in [5.74, 6) is 0.157. The first kappa shape index (κ1) is 14.6. The maximum atomic E-state index is 12.3. The van der Waals surface area contributed by atoms with Crippen molar-refractivity contribution in [2.75, 3.05) is 19.7 Å². The second kappa shape index (κ2) is 6.65. The third-order valence-corrected chi connectivity index (χ3v) is 3.63. The zero-order chi connectivity index (χ0) is 15.4. The molecule has 0 bridgehead atoms. The number of carbonyl (C=O) groups excluding carboxylic acids is 1. The maximum Gasteiger partial charge on any atom is 0.292 e. The van der Waals surface area contributed by atoms with E-state index in [9.17, 15) is 4.79 Å². The number of aromatic nitrogens is 3. The molecule has 3 heterocycles. The Morgan fingerprint density at radius 2 is 2.41 bits per heavy atom. The van der Waals surface area contributed by atoms with Crippen molar-refractivity contribution in [3.8, 4) is 0 Å². The van der Waals surface area contributed by atoms with Crippen LogP contribution in [-0.4, -0.2) is 51.7 Å². The van der Waals surface area contributed by atoms with E-state index in [1.807, 2.05) is 6.07 Å². The first-order chi connectivity index (χ1) is 10.7. The zero-order valence-corrected chi connectivity index (χ0v) is 12.4. The minimum absolute atomic E-state index is 0.0108. The van der Waals surface area contributed by atoms with Gasteiger partial charge in [0.15, 0.2) is 0 Å². The quantitative estimate of drug-likeness (QED) is 0.845. The number of nitrogens with zero attached hydrogens (tertiary/aromatic N) is 4. The van der Waals surface area contributed by atoms with Gasteiger partial charge in [0.1, 0.15) is 6.33 Å². The highest BCUT2D eigenvalue weighted by atomic mass is 16.5. The van der Waals surface area contributed by atoms with Crippen molar-refractivity contribution in [2.24, 2.45) is 0 Å². The average Bonchev–Trinajstić information content (AvgIpc) is 3.00. The molecule has 1 aliphatic rings. The molecule has 1 aliphatic heterocycles. The fraction of sp³-hybridized carbons (Fsp3) is 0.467. The van der Waals surface area contributed by atoms with Crippen LogP contribution in [-0.2, 0) is 11.2 Å². The molecule has 0 aliphatic carbocycles. The van der Waals surface area contributed by atoms with Crippen molar-refractivity contribution in [2.45, 2.75) is 25.9 Å². The molecule has 2 aromatic rings. The van der Waals surface area contributed by atoms with Crippen LogP contribution in [0, 0.1) is 6.92 Å². The van der Waals surface area contributed by atoms with Crippen LogP contribution in [0.25, 0.3) is 0 Å². The van der Waals surface area contributed by atoms with Gasteiger partial charge in [-0.1, -0.05) is 5.16 Å². The number of hydrogen-bond donors (Lipinski definition) is 0. The third kappa shape index (κ3) is 3.48. The van der Waals surface area contributed by atoms with Crippen LogP contribution in [0.4, 0.5) is 0 Å². The molecule has 1 saturated heterocycles. The largest absolute Gasteiger partial charge is 0.375 e. The van der Waals surface area contributed by atoms with Gasteiger partial charge in [-0.3, -0.25) is 4.79 Å². The summed E-state index contributed by atoms with van der Waals surface area (Å²) in [5.41, 5.74) is 1.69. The predicted molar refractivity (Wildman–Crippen MR) is 77.2 cm³/mol. The number of ether oxygens (including phenoxy) is 1. The van der Waals surface area contributed by atoms with Crippen LogP contribution in [0.2, 0.25) is 0 Å². The molecular weight excluding hydrogens is 284 g/mol. The predicted octanol–water partition coefficient (Wildman–Crippen LogP) is 1.25. The molecule has 1 amide bonds. The van der Waals surface area contributed by atoms with Crippen molar-refractivity contribution >= 4 is 5.91 Å². The monoisotopic (exact) mass is 302 g/mol. The van der Waals surface area contributed by atoms with Crippen molar-refractivity contribution in [1.29, 1.82) is 0 Å². The number of rotatable bonds is 4. The van der Waals surface area contributed by atoms with E-state index in [-0.39, 0.29) is 17.8 Å². The first-order valence-corrected chi connectivity index (χ1v) is 7.31. The molecule has 0 saturated carbocycles. The van der Waals surface area contributed by atoms with E-state index in [4.69, 9.17) is 9.26 Å². The molecule has 3 rings (SSSR count). The summed E-state index contributed by atoms with van der Waals surface area (Å²) in [5, 5.41) is 3.76. The molecule has 7 heteroatoms. The highest BCUT2D eigenvalue weighted by Crippen LogP contribution is 2.15. The number of morpholine rings is 1. The van der Waals surface area contributed by atoms with Crippen LogP contribution in [0.3, 0.4) is 0 Å². The summed E-state index contributed by atoms with van der Waals surface area (Å²) in [6, 6.07) is 3.55. The first-order valence-electron chi connectivity index (χ1n) is 7.31. The lowest BCUT2D eigenvalue weighted by molar-refractivity contribution is -0.0258. The van der Waals surface area contributed by atoms with Crippen LogP contribution < -0.4 is 0 Å². The smallest absolute Gasteiger partial charge is 0.292 e. The van der Waals surface area contributed by atoms with Gasteiger partial charge in [-0.2, -0.15) is 0 Å². The summed E-state index contributed by atoms with van der Waals surface area (Å²) in [4.78, 5) is 22.2. The summed E-state index contributed by atoms with van der Waals surface area (Å²) < 4.78 is 10.8.